The van der Waals surface area contributed by atoms with Crippen molar-refractivity contribution in [2.45, 2.75) is 26.9 Å². The Morgan fingerprint density at radius 1 is 0.939 bits per heavy atom. The van der Waals surface area contributed by atoms with Gasteiger partial charge < -0.3 is 15.0 Å². The van der Waals surface area contributed by atoms with Gasteiger partial charge in [0.05, 0.1) is 6.10 Å². The molecule has 0 aliphatic heterocycles. The quantitative estimate of drug-likeness (QED) is 0.469. The van der Waals surface area contributed by atoms with Crippen LogP contribution in [0.5, 0.6) is 5.75 Å². The van der Waals surface area contributed by atoms with E-state index < -0.39 is 0 Å². The van der Waals surface area contributed by atoms with Crippen LogP contribution in [-0.2, 0) is 0 Å². The van der Waals surface area contributed by atoms with E-state index in [1.807, 2.05) is 51.1 Å². The van der Waals surface area contributed by atoms with Crippen LogP contribution in [0.2, 0.25) is 0 Å². The number of nitrogens with zero attached hydrogens (tertiary/aromatic N) is 1. The fourth-order valence-electron chi connectivity index (χ4n) is 3.26. The van der Waals surface area contributed by atoms with E-state index in [0.29, 0.717) is 29.1 Å². The van der Waals surface area contributed by atoms with Crippen molar-refractivity contribution in [3.05, 3.63) is 90.0 Å². The van der Waals surface area contributed by atoms with Crippen molar-refractivity contribution in [2.24, 2.45) is 0 Å². The van der Waals surface area contributed by atoms with Crippen LogP contribution >= 0.6 is 12.2 Å². The molecule has 170 valence electrons. The highest BCUT2D eigenvalue weighted by atomic mass is 32.1. The highest BCUT2D eigenvalue weighted by Gasteiger charge is 2.16. The van der Waals surface area contributed by atoms with Crippen molar-refractivity contribution in [3.8, 4) is 5.75 Å². The molecule has 0 unspecified atom stereocenters. The molecule has 0 atom stereocenters. The van der Waals surface area contributed by atoms with Crippen molar-refractivity contribution in [2.75, 3.05) is 16.8 Å². The molecule has 7 heteroatoms. The number of nitrogens with one attached hydrogen (secondary N) is 2. The summed E-state index contributed by atoms with van der Waals surface area (Å²) in [6, 6.07) is 23.4. The van der Waals surface area contributed by atoms with Crippen LogP contribution in [0, 0.1) is 0 Å². The Morgan fingerprint density at radius 2 is 1.64 bits per heavy atom. The summed E-state index contributed by atoms with van der Waals surface area (Å²) in [6.45, 7) is 6.31. The minimum atomic E-state index is -0.352. The molecule has 3 aromatic carbocycles. The molecule has 0 radical (unpaired) electrons. The molecule has 3 aromatic rings. The number of carbonyl (C=O) groups is 2. The third-order valence-corrected chi connectivity index (χ3v) is 4.90. The van der Waals surface area contributed by atoms with Crippen molar-refractivity contribution < 1.29 is 14.3 Å². The van der Waals surface area contributed by atoms with Gasteiger partial charge in [0.1, 0.15) is 5.75 Å². The number of amides is 2. The smallest absolute Gasteiger partial charge is 0.258 e. The number of anilines is 2. The van der Waals surface area contributed by atoms with Crippen molar-refractivity contribution in [1.29, 1.82) is 0 Å². The lowest BCUT2D eigenvalue weighted by Crippen LogP contribution is -2.34. The van der Waals surface area contributed by atoms with E-state index in [4.69, 9.17) is 17.0 Å². The lowest BCUT2D eigenvalue weighted by molar-refractivity contribution is 0.0972. The van der Waals surface area contributed by atoms with E-state index in [1.165, 1.54) is 0 Å². The Labute approximate surface area is 199 Å². The van der Waals surface area contributed by atoms with E-state index in [0.717, 1.165) is 5.69 Å². The Morgan fingerprint density at radius 3 is 2.33 bits per heavy atom. The number of ether oxygens (including phenoxy) is 1. The van der Waals surface area contributed by atoms with E-state index >= 15 is 0 Å². The van der Waals surface area contributed by atoms with Crippen LogP contribution in [0.1, 0.15) is 41.5 Å². The number of thiocarbonyl (C=S) groups is 1. The zero-order chi connectivity index (χ0) is 23.8. The summed E-state index contributed by atoms with van der Waals surface area (Å²) >= 11 is 5.31. The normalized spacial score (nSPS) is 10.4. The molecule has 0 spiro atoms. The number of benzene rings is 3. The Hall–Kier alpha value is -3.71. The second-order valence-electron chi connectivity index (χ2n) is 7.57. The van der Waals surface area contributed by atoms with E-state index in [1.54, 1.807) is 53.4 Å². The second-order valence-corrected chi connectivity index (χ2v) is 7.98. The van der Waals surface area contributed by atoms with Crippen molar-refractivity contribution >= 4 is 40.5 Å². The lowest BCUT2D eigenvalue weighted by atomic mass is 10.1. The van der Waals surface area contributed by atoms with Gasteiger partial charge in [0.15, 0.2) is 5.11 Å². The first-order valence-corrected chi connectivity index (χ1v) is 11.1. The minimum absolute atomic E-state index is 0.00608. The monoisotopic (exact) mass is 461 g/mol. The van der Waals surface area contributed by atoms with Gasteiger partial charge in [0.2, 0.25) is 0 Å². The molecule has 2 amide bonds. The predicted molar refractivity (Wildman–Crippen MR) is 136 cm³/mol. The maximum Gasteiger partial charge on any atom is 0.258 e. The molecule has 0 aliphatic carbocycles. The Bertz CT molecular complexity index is 1130. The molecule has 3 rings (SSSR count). The van der Waals surface area contributed by atoms with E-state index in [-0.39, 0.29) is 23.0 Å². The average Bonchev–Trinajstić information content (AvgIpc) is 2.80. The first-order valence-electron chi connectivity index (χ1n) is 10.7. The molecule has 0 saturated heterocycles. The first-order chi connectivity index (χ1) is 15.9. The first kappa shape index (κ1) is 23.9. The van der Waals surface area contributed by atoms with Gasteiger partial charge in [0.25, 0.3) is 11.8 Å². The zero-order valence-electron chi connectivity index (χ0n) is 18.9. The average molecular weight is 462 g/mol. The Kier molecular flexibility index (Phi) is 8.16. The van der Waals surface area contributed by atoms with Crippen LogP contribution in [0.3, 0.4) is 0 Å². The van der Waals surface area contributed by atoms with Gasteiger partial charge in [-0.3, -0.25) is 14.9 Å². The zero-order valence-corrected chi connectivity index (χ0v) is 19.7. The maximum absolute atomic E-state index is 13.1. The largest absolute Gasteiger partial charge is 0.491 e. The molecular formula is C26H27N3O3S. The van der Waals surface area contributed by atoms with Gasteiger partial charge in [-0.1, -0.05) is 30.3 Å². The van der Waals surface area contributed by atoms with Gasteiger partial charge >= 0.3 is 0 Å². The fraction of sp³-hybridized carbons (Fsp3) is 0.192. The molecular weight excluding hydrogens is 434 g/mol. The van der Waals surface area contributed by atoms with Crippen LogP contribution in [0.25, 0.3) is 0 Å². The van der Waals surface area contributed by atoms with Crippen LogP contribution in [0.4, 0.5) is 11.4 Å². The molecule has 6 nitrogen and oxygen atoms in total. The van der Waals surface area contributed by atoms with Gasteiger partial charge in [-0.25, -0.2) is 0 Å². The molecule has 0 aliphatic rings. The summed E-state index contributed by atoms with van der Waals surface area (Å²) in [5, 5.41) is 5.78. The van der Waals surface area contributed by atoms with Crippen LogP contribution < -0.4 is 20.3 Å². The summed E-state index contributed by atoms with van der Waals surface area (Å²) in [5.74, 6) is 0.140. The van der Waals surface area contributed by atoms with Crippen LogP contribution in [-0.4, -0.2) is 29.6 Å². The van der Waals surface area contributed by atoms with E-state index in [9.17, 15) is 9.59 Å². The molecule has 0 fully saturated rings. The maximum atomic E-state index is 13.1. The number of para-hydroxylation sites is 1. The number of hydrogen-bond donors (Lipinski definition) is 2. The SMILES string of the molecule is CCN(C(=O)c1cccc(NC(=S)NC(=O)c2cccc(OC(C)C)c2)c1)c1ccccc1. The highest BCUT2D eigenvalue weighted by molar-refractivity contribution is 7.80. The fourth-order valence-corrected chi connectivity index (χ4v) is 3.47. The number of hydrogen-bond acceptors (Lipinski definition) is 4. The Balaban J connectivity index is 1.67. The van der Waals surface area contributed by atoms with Gasteiger partial charge in [-0.05, 0) is 81.5 Å². The number of rotatable bonds is 7. The highest BCUT2D eigenvalue weighted by Crippen LogP contribution is 2.19. The molecule has 0 heterocycles. The second kappa shape index (κ2) is 11.2. The van der Waals surface area contributed by atoms with Crippen LogP contribution in [0.15, 0.2) is 78.9 Å². The summed E-state index contributed by atoms with van der Waals surface area (Å²) < 4.78 is 5.64. The summed E-state index contributed by atoms with van der Waals surface area (Å²) in [5.41, 5.74) is 2.38. The van der Waals surface area contributed by atoms with Crippen molar-refractivity contribution in [1.82, 2.24) is 5.32 Å². The van der Waals surface area contributed by atoms with Gasteiger partial charge in [-0.15, -0.1) is 0 Å². The standard InChI is InChI=1S/C26H27N3O3S/c1-4-29(22-13-6-5-7-14-22)25(31)20-11-8-12-21(16-20)27-26(33)28-24(30)19-10-9-15-23(17-19)32-18(2)3/h5-18H,4H2,1-3H3,(H2,27,28,30,33). The lowest BCUT2D eigenvalue weighted by Gasteiger charge is -2.21. The topological polar surface area (TPSA) is 70.7 Å². The summed E-state index contributed by atoms with van der Waals surface area (Å²) in [7, 11) is 0. The predicted octanol–water partition coefficient (Wildman–Crippen LogP) is 5.27. The van der Waals surface area contributed by atoms with E-state index in [2.05, 4.69) is 10.6 Å². The minimum Gasteiger partial charge on any atom is -0.491 e. The van der Waals surface area contributed by atoms with Gasteiger partial charge in [-0.2, -0.15) is 0 Å². The number of carbonyl (C=O) groups excluding carboxylic acids is 2. The third kappa shape index (κ3) is 6.63. The molecule has 0 saturated carbocycles. The molecule has 2 N–H and O–H groups in total. The van der Waals surface area contributed by atoms with Crippen molar-refractivity contribution in [3.63, 3.8) is 0 Å². The summed E-state index contributed by atoms with van der Waals surface area (Å²) in [6.07, 6.45) is 0.00608. The summed E-state index contributed by atoms with van der Waals surface area (Å²) in [4.78, 5) is 27.4. The third-order valence-electron chi connectivity index (χ3n) is 4.69. The molecule has 33 heavy (non-hydrogen) atoms. The molecule has 0 bridgehead atoms. The van der Waals surface area contributed by atoms with Gasteiger partial charge in [0, 0.05) is 29.0 Å². The molecule has 0 aromatic heterocycles.